The summed E-state index contributed by atoms with van der Waals surface area (Å²) in [6, 6.07) is 0.474. The van der Waals surface area contributed by atoms with E-state index in [2.05, 4.69) is 41.0 Å². The van der Waals surface area contributed by atoms with Gasteiger partial charge in [0.05, 0.1) is 6.61 Å². The van der Waals surface area contributed by atoms with Crippen LogP contribution in [0.4, 0.5) is 5.95 Å². The molecule has 0 atom stereocenters. The van der Waals surface area contributed by atoms with Gasteiger partial charge in [-0.15, -0.1) is 0 Å². The normalized spacial score (nSPS) is 16.7. The number of ether oxygens (including phenoxy) is 1. The number of hydrogen-bond donors (Lipinski definition) is 1. The van der Waals surface area contributed by atoms with Crippen LogP contribution in [0.25, 0.3) is 0 Å². The molecule has 0 bridgehead atoms. The third-order valence-corrected chi connectivity index (χ3v) is 3.27. The lowest BCUT2D eigenvalue weighted by molar-refractivity contribution is 0.152. The molecule has 19 heavy (non-hydrogen) atoms. The van der Waals surface area contributed by atoms with Crippen LogP contribution in [-0.2, 0) is 11.3 Å². The Balaban J connectivity index is 2.04. The zero-order chi connectivity index (χ0) is 13.7. The van der Waals surface area contributed by atoms with E-state index in [1.54, 1.807) is 0 Å². The molecule has 2 rings (SSSR count). The van der Waals surface area contributed by atoms with E-state index >= 15 is 0 Å². The molecule has 5 nitrogen and oxygen atoms in total. The van der Waals surface area contributed by atoms with E-state index < -0.39 is 0 Å². The fourth-order valence-corrected chi connectivity index (χ4v) is 2.07. The third-order valence-electron chi connectivity index (χ3n) is 3.27. The van der Waals surface area contributed by atoms with Crippen LogP contribution in [0.3, 0.4) is 0 Å². The molecule has 0 aromatic carbocycles. The SMILES string of the molecule is Cc1nc(N2CCCOCC2)ncc1CNC(C)C. The van der Waals surface area contributed by atoms with Gasteiger partial charge in [-0.3, -0.25) is 0 Å². The van der Waals surface area contributed by atoms with Crippen LogP contribution in [0.5, 0.6) is 0 Å². The summed E-state index contributed by atoms with van der Waals surface area (Å²) in [5.74, 6) is 0.830. The number of nitrogens with zero attached hydrogens (tertiary/aromatic N) is 3. The molecule has 2 heterocycles. The highest BCUT2D eigenvalue weighted by Crippen LogP contribution is 2.13. The van der Waals surface area contributed by atoms with E-state index in [1.165, 1.54) is 5.56 Å². The highest BCUT2D eigenvalue weighted by atomic mass is 16.5. The van der Waals surface area contributed by atoms with Crippen LogP contribution >= 0.6 is 0 Å². The van der Waals surface area contributed by atoms with Crippen LogP contribution in [-0.4, -0.2) is 42.3 Å². The average Bonchev–Trinajstić information content (AvgIpc) is 2.66. The van der Waals surface area contributed by atoms with Gasteiger partial charge < -0.3 is 15.0 Å². The zero-order valence-corrected chi connectivity index (χ0v) is 12.1. The smallest absolute Gasteiger partial charge is 0.225 e. The van der Waals surface area contributed by atoms with Gasteiger partial charge in [0.2, 0.25) is 5.95 Å². The first-order valence-corrected chi connectivity index (χ1v) is 7.05. The molecule has 0 radical (unpaired) electrons. The summed E-state index contributed by atoms with van der Waals surface area (Å²) in [7, 11) is 0. The van der Waals surface area contributed by atoms with E-state index in [0.717, 1.165) is 50.9 Å². The molecule has 1 aromatic rings. The number of rotatable bonds is 4. The van der Waals surface area contributed by atoms with Crippen molar-refractivity contribution < 1.29 is 4.74 Å². The molecule has 1 aromatic heterocycles. The zero-order valence-electron chi connectivity index (χ0n) is 12.1. The fraction of sp³-hybridized carbons (Fsp3) is 0.714. The Morgan fingerprint density at radius 3 is 2.95 bits per heavy atom. The first-order valence-electron chi connectivity index (χ1n) is 7.05. The van der Waals surface area contributed by atoms with Crippen LogP contribution in [0, 0.1) is 6.92 Å². The molecule has 106 valence electrons. The van der Waals surface area contributed by atoms with E-state index in [-0.39, 0.29) is 0 Å². The van der Waals surface area contributed by atoms with E-state index in [1.807, 2.05) is 6.20 Å². The van der Waals surface area contributed by atoms with Gasteiger partial charge >= 0.3 is 0 Å². The maximum absolute atomic E-state index is 5.46. The predicted octanol–water partition coefficient (Wildman–Crippen LogP) is 1.51. The second-order valence-corrected chi connectivity index (χ2v) is 5.27. The first-order chi connectivity index (χ1) is 9.16. The second-order valence-electron chi connectivity index (χ2n) is 5.27. The van der Waals surface area contributed by atoms with Gasteiger partial charge in [0.1, 0.15) is 0 Å². The number of aromatic nitrogens is 2. The minimum Gasteiger partial charge on any atom is -0.380 e. The Kier molecular flexibility index (Phi) is 5.10. The molecule has 1 fully saturated rings. The summed E-state index contributed by atoms with van der Waals surface area (Å²) in [5.41, 5.74) is 2.23. The number of hydrogen-bond acceptors (Lipinski definition) is 5. The highest BCUT2D eigenvalue weighted by molar-refractivity contribution is 5.33. The van der Waals surface area contributed by atoms with Gasteiger partial charge in [0.15, 0.2) is 0 Å². The summed E-state index contributed by atoms with van der Waals surface area (Å²) in [5, 5.41) is 3.40. The summed E-state index contributed by atoms with van der Waals surface area (Å²) in [6.07, 6.45) is 2.98. The Bertz CT molecular complexity index is 400. The highest BCUT2D eigenvalue weighted by Gasteiger charge is 2.13. The summed E-state index contributed by atoms with van der Waals surface area (Å²) >= 11 is 0. The maximum atomic E-state index is 5.46. The largest absolute Gasteiger partial charge is 0.380 e. The van der Waals surface area contributed by atoms with E-state index in [9.17, 15) is 0 Å². The molecule has 0 amide bonds. The molecular weight excluding hydrogens is 240 g/mol. The van der Waals surface area contributed by atoms with Gasteiger partial charge in [-0.1, -0.05) is 13.8 Å². The summed E-state index contributed by atoms with van der Waals surface area (Å²) in [6.45, 7) is 10.6. The summed E-state index contributed by atoms with van der Waals surface area (Å²) in [4.78, 5) is 11.3. The Morgan fingerprint density at radius 2 is 2.21 bits per heavy atom. The Labute approximate surface area is 115 Å². The first kappa shape index (κ1) is 14.2. The molecule has 0 unspecified atom stereocenters. The predicted molar refractivity (Wildman–Crippen MR) is 76.4 cm³/mol. The maximum Gasteiger partial charge on any atom is 0.225 e. The molecule has 0 aliphatic carbocycles. The van der Waals surface area contributed by atoms with Crippen LogP contribution in [0.15, 0.2) is 6.20 Å². The fourth-order valence-electron chi connectivity index (χ4n) is 2.07. The molecule has 0 saturated carbocycles. The van der Waals surface area contributed by atoms with Gasteiger partial charge in [0, 0.05) is 49.7 Å². The van der Waals surface area contributed by atoms with Crippen molar-refractivity contribution in [2.45, 2.75) is 39.8 Å². The van der Waals surface area contributed by atoms with Gasteiger partial charge in [-0.05, 0) is 13.3 Å². The second kappa shape index (κ2) is 6.82. The van der Waals surface area contributed by atoms with E-state index in [0.29, 0.717) is 6.04 Å². The van der Waals surface area contributed by atoms with Crippen molar-refractivity contribution >= 4 is 5.95 Å². The quantitative estimate of drug-likeness (QED) is 0.893. The molecule has 1 N–H and O–H groups in total. The Hall–Kier alpha value is -1.20. The van der Waals surface area contributed by atoms with Crippen LogP contribution in [0.1, 0.15) is 31.5 Å². The van der Waals surface area contributed by atoms with Gasteiger partial charge in [0.25, 0.3) is 0 Å². The molecular formula is C14H24N4O. The molecule has 1 aliphatic rings. The topological polar surface area (TPSA) is 50.3 Å². The van der Waals surface area contributed by atoms with Crippen molar-refractivity contribution in [2.24, 2.45) is 0 Å². The minimum atomic E-state index is 0.474. The molecule has 5 heteroatoms. The lowest BCUT2D eigenvalue weighted by Crippen LogP contribution is -2.28. The third kappa shape index (κ3) is 4.14. The van der Waals surface area contributed by atoms with Crippen LogP contribution < -0.4 is 10.2 Å². The minimum absolute atomic E-state index is 0.474. The van der Waals surface area contributed by atoms with Crippen molar-refractivity contribution in [2.75, 3.05) is 31.2 Å². The van der Waals surface area contributed by atoms with Crippen molar-refractivity contribution in [1.82, 2.24) is 15.3 Å². The summed E-state index contributed by atoms with van der Waals surface area (Å²) < 4.78 is 5.46. The lowest BCUT2D eigenvalue weighted by atomic mass is 10.2. The standard InChI is InChI=1S/C14H24N4O/c1-11(2)15-9-13-10-16-14(17-12(13)3)18-5-4-7-19-8-6-18/h10-11,15H,4-9H2,1-3H3. The molecule has 0 spiro atoms. The van der Waals surface area contributed by atoms with Crippen molar-refractivity contribution in [3.8, 4) is 0 Å². The molecule has 1 saturated heterocycles. The van der Waals surface area contributed by atoms with Gasteiger partial charge in [-0.2, -0.15) is 0 Å². The molecule has 1 aliphatic heterocycles. The van der Waals surface area contributed by atoms with Crippen LogP contribution in [0.2, 0.25) is 0 Å². The van der Waals surface area contributed by atoms with Crippen molar-refractivity contribution in [1.29, 1.82) is 0 Å². The number of nitrogens with one attached hydrogen (secondary N) is 1. The van der Waals surface area contributed by atoms with E-state index in [4.69, 9.17) is 4.74 Å². The Morgan fingerprint density at radius 1 is 1.37 bits per heavy atom. The average molecular weight is 264 g/mol. The lowest BCUT2D eigenvalue weighted by Gasteiger charge is -2.20. The van der Waals surface area contributed by atoms with Crippen molar-refractivity contribution in [3.63, 3.8) is 0 Å². The van der Waals surface area contributed by atoms with Crippen molar-refractivity contribution in [3.05, 3.63) is 17.5 Å². The monoisotopic (exact) mass is 264 g/mol. The van der Waals surface area contributed by atoms with Gasteiger partial charge in [-0.25, -0.2) is 9.97 Å². The number of aryl methyl sites for hydroxylation is 1. The number of anilines is 1.